The Balaban J connectivity index is 1.65. The average molecular weight is 449 g/mol. The number of carbonyl (C=O) groups excluding carboxylic acids is 1. The normalized spacial score (nSPS) is 18.2. The third-order valence-corrected chi connectivity index (χ3v) is 6.27. The van der Waals surface area contributed by atoms with Crippen molar-refractivity contribution in [1.82, 2.24) is 9.78 Å². The molecule has 0 spiro atoms. The number of carbonyl (C=O) groups is 1. The molecule has 1 aliphatic heterocycles. The maximum atomic E-state index is 13.7. The van der Waals surface area contributed by atoms with Crippen molar-refractivity contribution < 1.29 is 22.4 Å². The number of aryl methyl sites for hydroxylation is 1. The molecule has 0 aromatic carbocycles. The van der Waals surface area contributed by atoms with E-state index in [9.17, 15) is 23.2 Å². The summed E-state index contributed by atoms with van der Waals surface area (Å²) < 4.78 is 47.2. The Hall–Kier alpha value is -3.26. The van der Waals surface area contributed by atoms with Crippen LogP contribution in [0.1, 0.15) is 57.7 Å². The third-order valence-electron chi connectivity index (χ3n) is 5.21. The first-order chi connectivity index (χ1) is 14.7. The van der Waals surface area contributed by atoms with Crippen LogP contribution in [0.3, 0.4) is 0 Å². The molecule has 11 heteroatoms. The Labute approximate surface area is 179 Å². The molecule has 0 saturated heterocycles. The summed E-state index contributed by atoms with van der Waals surface area (Å²) in [5, 5.41) is 19.3. The number of rotatable bonds is 4. The standard InChI is InChI=1S/C20H18F3N5O2S/c1-3-11-10(2)31-19(12(11)9-24)26-18(29)14-8-17-25-13(15-5-4-6-30-15)7-16(20(21,22)23)28(17)27-14/h4-6,8,13,16,25H,3,7H2,1-2H3,(H,26,29). The highest BCUT2D eigenvalue weighted by Crippen LogP contribution is 2.43. The van der Waals surface area contributed by atoms with Gasteiger partial charge in [-0.05, 0) is 31.0 Å². The maximum Gasteiger partial charge on any atom is 0.410 e. The third kappa shape index (κ3) is 3.79. The number of furan rings is 1. The molecule has 2 N–H and O–H groups in total. The van der Waals surface area contributed by atoms with Crippen molar-refractivity contribution in [1.29, 1.82) is 5.26 Å². The number of aromatic nitrogens is 2. The second kappa shape index (κ2) is 7.77. The summed E-state index contributed by atoms with van der Waals surface area (Å²) in [7, 11) is 0. The molecular formula is C20H18F3N5O2S. The van der Waals surface area contributed by atoms with E-state index in [4.69, 9.17) is 4.42 Å². The van der Waals surface area contributed by atoms with Gasteiger partial charge in [-0.3, -0.25) is 4.79 Å². The molecule has 3 aromatic rings. The van der Waals surface area contributed by atoms with E-state index in [2.05, 4.69) is 21.8 Å². The monoisotopic (exact) mass is 449 g/mol. The molecule has 0 fully saturated rings. The van der Waals surface area contributed by atoms with Crippen LogP contribution in [0, 0.1) is 18.3 Å². The lowest BCUT2D eigenvalue weighted by Crippen LogP contribution is -2.35. The zero-order chi connectivity index (χ0) is 22.3. The van der Waals surface area contributed by atoms with Crippen LogP contribution in [0.25, 0.3) is 0 Å². The summed E-state index contributed by atoms with van der Waals surface area (Å²) >= 11 is 1.25. The van der Waals surface area contributed by atoms with Crippen LogP contribution in [0.4, 0.5) is 24.0 Å². The Kier molecular flexibility index (Phi) is 5.26. The number of nitrogens with one attached hydrogen (secondary N) is 2. The van der Waals surface area contributed by atoms with Crippen molar-refractivity contribution in [2.75, 3.05) is 10.6 Å². The van der Waals surface area contributed by atoms with Crippen molar-refractivity contribution in [3.05, 3.63) is 51.9 Å². The number of anilines is 2. The van der Waals surface area contributed by atoms with E-state index in [1.165, 1.54) is 23.7 Å². The lowest BCUT2D eigenvalue weighted by atomic mass is 10.0. The fraction of sp³-hybridized carbons (Fsp3) is 0.350. The number of hydrogen-bond donors (Lipinski definition) is 2. The van der Waals surface area contributed by atoms with Gasteiger partial charge in [-0.1, -0.05) is 6.92 Å². The molecule has 4 rings (SSSR count). The molecule has 0 bridgehead atoms. The molecule has 7 nitrogen and oxygen atoms in total. The summed E-state index contributed by atoms with van der Waals surface area (Å²) in [6.45, 7) is 3.76. The molecule has 2 unspecified atom stereocenters. The van der Waals surface area contributed by atoms with Crippen molar-refractivity contribution in [2.24, 2.45) is 0 Å². The average Bonchev–Trinajstić information content (AvgIpc) is 3.44. The fourth-order valence-corrected chi connectivity index (χ4v) is 4.83. The van der Waals surface area contributed by atoms with Gasteiger partial charge in [0.2, 0.25) is 0 Å². The Morgan fingerprint density at radius 3 is 2.90 bits per heavy atom. The van der Waals surface area contributed by atoms with Gasteiger partial charge in [0.05, 0.1) is 17.9 Å². The zero-order valence-corrected chi connectivity index (χ0v) is 17.4. The number of nitriles is 1. The Morgan fingerprint density at radius 1 is 1.52 bits per heavy atom. The lowest BCUT2D eigenvalue weighted by Gasteiger charge is -2.32. The van der Waals surface area contributed by atoms with Gasteiger partial charge in [0, 0.05) is 17.4 Å². The van der Waals surface area contributed by atoms with E-state index in [-0.39, 0.29) is 17.9 Å². The molecule has 0 radical (unpaired) electrons. The van der Waals surface area contributed by atoms with Crippen LogP contribution in [0.5, 0.6) is 0 Å². The van der Waals surface area contributed by atoms with E-state index < -0.39 is 24.2 Å². The van der Waals surface area contributed by atoms with Crippen LogP contribution in [0.15, 0.2) is 28.9 Å². The number of nitrogens with zero attached hydrogens (tertiary/aromatic N) is 3. The predicted molar refractivity (Wildman–Crippen MR) is 108 cm³/mol. The van der Waals surface area contributed by atoms with Crippen LogP contribution < -0.4 is 10.6 Å². The maximum absolute atomic E-state index is 13.7. The van der Waals surface area contributed by atoms with Gasteiger partial charge in [-0.2, -0.15) is 23.5 Å². The van der Waals surface area contributed by atoms with Crippen LogP contribution in [0.2, 0.25) is 0 Å². The summed E-state index contributed by atoms with van der Waals surface area (Å²) in [5.41, 5.74) is 1.03. The molecular weight excluding hydrogens is 431 g/mol. The first-order valence-corrected chi connectivity index (χ1v) is 10.3. The molecule has 162 valence electrons. The minimum absolute atomic E-state index is 0.0669. The number of amides is 1. The van der Waals surface area contributed by atoms with E-state index in [1.807, 2.05) is 13.8 Å². The first kappa shape index (κ1) is 21.0. The Morgan fingerprint density at radius 2 is 2.29 bits per heavy atom. The minimum atomic E-state index is -4.56. The minimum Gasteiger partial charge on any atom is -0.467 e. The molecule has 2 atom stereocenters. The van der Waals surface area contributed by atoms with Crippen LogP contribution in [-0.4, -0.2) is 21.9 Å². The van der Waals surface area contributed by atoms with Crippen molar-refractivity contribution >= 4 is 28.1 Å². The van der Waals surface area contributed by atoms with Gasteiger partial charge >= 0.3 is 6.18 Å². The second-order valence-corrected chi connectivity index (χ2v) is 8.35. The topological polar surface area (TPSA) is 95.9 Å². The number of thiophene rings is 1. The summed E-state index contributed by atoms with van der Waals surface area (Å²) in [6, 6.07) is 3.94. The van der Waals surface area contributed by atoms with Gasteiger partial charge in [-0.25, -0.2) is 4.68 Å². The van der Waals surface area contributed by atoms with E-state index in [0.29, 0.717) is 22.7 Å². The largest absolute Gasteiger partial charge is 0.467 e. The SMILES string of the molecule is CCc1c(C)sc(NC(=O)c2cc3n(n2)C(C(F)(F)F)CC(c2ccco2)N3)c1C#N. The second-order valence-electron chi connectivity index (χ2n) is 7.13. The number of fused-ring (bicyclic) bond motifs is 1. The quantitative estimate of drug-likeness (QED) is 0.571. The zero-order valence-electron chi connectivity index (χ0n) is 16.6. The van der Waals surface area contributed by atoms with Gasteiger partial charge in [0.15, 0.2) is 11.7 Å². The van der Waals surface area contributed by atoms with E-state index >= 15 is 0 Å². The molecule has 0 saturated carbocycles. The highest BCUT2D eigenvalue weighted by Gasteiger charge is 2.47. The first-order valence-electron chi connectivity index (χ1n) is 9.52. The Bertz CT molecular complexity index is 1160. The van der Waals surface area contributed by atoms with Crippen LogP contribution >= 0.6 is 11.3 Å². The molecule has 31 heavy (non-hydrogen) atoms. The molecule has 0 aliphatic carbocycles. The summed E-state index contributed by atoms with van der Waals surface area (Å²) in [5.74, 6) is -0.246. The van der Waals surface area contributed by atoms with Crippen molar-refractivity contribution in [3.8, 4) is 6.07 Å². The van der Waals surface area contributed by atoms with E-state index in [0.717, 1.165) is 15.1 Å². The van der Waals surface area contributed by atoms with Crippen LogP contribution in [-0.2, 0) is 6.42 Å². The summed E-state index contributed by atoms with van der Waals surface area (Å²) in [4.78, 5) is 13.7. The summed E-state index contributed by atoms with van der Waals surface area (Å²) in [6.07, 6.45) is -2.86. The van der Waals surface area contributed by atoms with Crippen molar-refractivity contribution in [2.45, 2.75) is 44.9 Å². The molecule has 1 amide bonds. The van der Waals surface area contributed by atoms with E-state index in [1.54, 1.807) is 12.1 Å². The number of halogens is 3. The predicted octanol–water partition coefficient (Wildman–Crippen LogP) is 5.19. The fourth-order valence-electron chi connectivity index (χ4n) is 3.74. The smallest absolute Gasteiger partial charge is 0.410 e. The molecule has 1 aliphatic rings. The molecule has 3 aromatic heterocycles. The van der Waals surface area contributed by atoms with Gasteiger partial charge in [0.25, 0.3) is 5.91 Å². The van der Waals surface area contributed by atoms with Gasteiger partial charge < -0.3 is 15.1 Å². The highest BCUT2D eigenvalue weighted by molar-refractivity contribution is 7.16. The van der Waals surface area contributed by atoms with Gasteiger partial charge in [-0.15, -0.1) is 11.3 Å². The molecule has 4 heterocycles. The lowest BCUT2D eigenvalue weighted by molar-refractivity contribution is -0.174. The van der Waals surface area contributed by atoms with Crippen molar-refractivity contribution in [3.63, 3.8) is 0 Å². The number of hydrogen-bond acceptors (Lipinski definition) is 6. The highest BCUT2D eigenvalue weighted by atomic mass is 32.1. The van der Waals surface area contributed by atoms with Gasteiger partial charge in [0.1, 0.15) is 22.6 Å². The number of alkyl halides is 3.